The Hall–Kier alpha value is -2.08. The minimum atomic E-state index is -0.407. The Morgan fingerprint density at radius 3 is 2.40 bits per heavy atom. The predicted molar refractivity (Wildman–Crippen MR) is 77.8 cm³/mol. The van der Waals surface area contributed by atoms with Crippen molar-refractivity contribution in [1.29, 1.82) is 0 Å². The fourth-order valence-electron chi connectivity index (χ4n) is 1.72. The summed E-state index contributed by atoms with van der Waals surface area (Å²) in [5.41, 5.74) is 8.70. The number of hydrogen-bond donors (Lipinski definition) is 1. The number of aryl methyl sites for hydroxylation is 2. The third-order valence-electron chi connectivity index (χ3n) is 2.59. The third kappa shape index (κ3) is 3.27. The second-order valence-corrected chi connectivity index (χ2v) is 5.29. The second kappa shape index (κ2) is 5.92. The number of benzene rings is 1. The van der Waals surface area contributed by atoms with E-state index in [1.54, 1.807) is 18.2 Å². The lowest BCUT2D eigenvalue weighted by Crippen LogP contribution is -2.02. The lowest BCUT2D eigenvalue weighted by atomic mass is 10.2. The Balaban J connectivity index is 2.27. The van der Waals surface area contributed by atoms with Crippen molar-refractivity contribution in [3.63, 3.8) is 0 Å². The molecular formula is C14H15N3O2S. The first-order valence-corrected chi connectivity index (χ1v) is 6.79. The number of rotatable bonds is 3. The van der Waals surface area contributed by atoms with Gasteiger partial charge in [0, 0.05) is 22.0 Å². The molecule has 6 heteroatoms. The summed E-state index contributed by atoms with van der Waals surface area (Å²) in [5.74, 6) is -0.407. The molecule has 5 nitrogen and oxygen atoms in total. The van der Waals surface area contributed by atoms with Gasteiger partial charge in [0.2, 0.25) is 0 Å². The van der Waals surface area contributed by atoms with Crippen LogP contribution in [0.15, 0.2) is 34.3 Å². The number of ether oxygens (including phenoxy) is 1. The van der Waals surface area contributed by atoms with Crippen LogP contribution in [-0.2, 0) is 4.74 Å². The van der Waals surface area contributed by atoms with Crippen LogP contribution in [0.3, 0.4) is 0 Å². The zero-order valence-corrected chi connectivity index (χ0v) is 12.3. The number of nitrogens with zero attached hydrogens (tertiary/aromatic N) is 2. The van der Waals surface area contributed by atoms with E-state index in [0.717, 1.165) is 16.3 Å². The summed E-state index contributed by atoms with van der Waals surface area (Å²) < 4.78 is 4.65. The smallest absolute Gasteiger partial charge is 0.337 e. The van der Waals surface area contributed by atoms with Crippen LogP contribution < -0.4 is 5.73 Å². The molecule has 0 aliphatic rings. The molecule has 0 atom stereocenters. The number of nitrogens with two attached hydrogens (primary N) is 1. The monoisotopic (exact) mass is 289 g/mol. The highest BCUT2D eigenvalue weighted by molar-refractivity contribution is 7.99. The lowest BCUT2D eigenvalue weighted by Gasteiger charge is -2.07. The van der Waals surface area contributed by atoms with Gasteiger partial charge < -0.3 is 10.5 Å². The van der Waals surface area contributed by atoms with Crippen molar-refractivity contribution in [1.82, 2.24) is 9.97 Å². The first-order valence-electron chi connectivity index (χ1n) is 5.97. The van der Waals surface area contributed by atoms with Gasteiger partial charge in [0.15, 0.2) is 5.16 Å². The summed E-state index contributed by atoms with van der Waals surface area (Å²) in [6, 6.07) is 6.95. The van der Waals surface area contributed by atoms with E-state index >= 15 is 0 Å². The zero-order valence-electron chi connectivity index (χ0n) is 11.5. The van der Waals surface area contributed by atoms with Crippen LogP contribution in [0.5, 0.6) is 0 Å². The molecule has 0 aliphatic heterocycles. The van der Waals surface area contributed by atoms with Crippen molar-refractivity contribution in [2.45, 2.75) is 23.9 Å². The third-order valence-corrected chi connectivity index (χ3v) is 3.55. The molecular weight excluding hydrogens is 274 g/mol. The van der Waals surface area contributed by atoms with E-state index in [1.807, 2.05) is 19.9 Å². The van der Waals surface area contributed by atoms with E-state index < -0.39 is 5.97 Å². The largest absolute Gasteiger partial charge is 0.465 e. The van der Waals surface area contributed by atoms with Gasteiger partial charge in [-0.15, -0.1) is 0 Å². The van der Waals surface area contributed by atoms with E-state index in [-0.39, 0.29) is 0 Å². The molecule has 2 aromatic rings. The molecule has 1 heterocycles. The summed E-state index contributed by atoms with van der Waals surface area (Å²) in [5, 5.41) is 0.639. The molecule has 0 unspecified atom stereocenters. The molecule has 0 bridgehead atoms. The average Bonchev–Trinajstić information content (AvgIpc) is 2.39. The van der Waals surface area contributed by atoms with Crippen molar-refractivity contribution in [2.24, 2.45) is 0 Å². The van der Waals surface area contributed by atoms with Crippen molar-refractivity contribution in [2.75, 3.05) is 12.8 Å². The highest BCUT2D eigenvalue weighted by atomic mass is 32.2. The summed E-state index contributed by atoms with van der Waals surface area (Å²) in [6.45, 7) is 3.84. The number of anilines is 1. The fourth-order valence-corrected chi connectivity index (χ4v) is 2.61. The topological polar surface area (TPSA) is 78.1 Å². The second-order valence-electron chi connectivity index (χ2n) is 4.28. The van der Waals surface area contributed by atoms with Crippen LogP contribution in [0, 0.1) is 13.8 Å². The average molecular weight is 289 g/mol. The van der Waals surface area contributed by atoms with Gasteiger partial charge in [-0.25, -0.2) is 14.8 Å². The Morgan fingerprint density at radius 2 is 1.85 bits per heavy atom. The molecule has 2 N–H and O–H groups in total. The molecule has 2 rings (SSSR count). The zero-order chi connectivity index (χ0) is 14.7. The number of methoxy groups -OCH3 is 1. The minimum absolute atomic E-state index is 0.407. The van der Waals surface area contributed by atoms with Crippen LogP contribution in [0.4, 0.5) is 5.69 Å². The van der Waals surface area contributed by atoms with Crippen molar-refractivity contribution < 1.29 is 9.53 Å². The van der Waals surface area contributed by atoms with Gasteiger partial charge in [0.05, 0.1) is 12.7 Å². The molecule has 20 heavy (non-hydrogen) atoms. The fraction of sp³-hybridized carbons (Fsp3) is 0.214. The molecule has 1 aromatic carbocycles. The summed E-state index contributed by atoms with van der Waals surface area (Å²) in [4.78, 5) is 20.9. The number of hydrogen-bond acceptors (Lipinski definition) is 6. The van der Waals surface area contributed by atoms with Crippen LogP contribution >= 0.6 is 11.8 Å². The highest BCUT2D eigenvalue weighted by Gasteiger charge is 2.10. The van der Waals surface area contributed by atoms with E-state index in [9.17, 15) is 4.79 Å². The molecule has 0 spiro atoms. The number of esters is 1. The Kier molecular flexibility index (Phi) is 4.24. The van der Waals surface area contributed by atoms with Gasteiger partial charge in [0.1, 0.15) is 0 Å². The van der Waals surface area contributed by atoms with Crippen molar-refractivity contribution in [3.8, 4) is 0 Å². The summed E-state index contributed by atoms with van der Waals surface area (Å²) in [6.07, 6.45) is 0. The SMILES string of the molecule is COC(=O)c1ccc(Sc2nc(C)cc(C)n2)c(N)c1. The Labute approximate surface area is 121 Å². The minimum Gasteiger partial charge on any atom is -0.465 e. The van der Waals surface area contributed by atoms with Gasteiger partial charge >= 0.3 is 5.97 Å². The molecule has 0 amide bonds. The van der Waals surface area contributed by atoms with E-state index in [0.29, 0.717) is 16.4 Å². The predicted octanol–water partition coefficient (Wildman–Crippen LogP) is 2.61. The molecule has 0 saturated heterocycles. The van der Waals surface area contributed by atoms with Crippen LogP contribution in [0.1, 0.15) is 21.7 Å². The number of carbonyl (C=O) groups excluding carboxylic acids is 1. The first kappa shape index (κ1) is 14.3. The molecule has 0 radical (unpaired) electrons. The van der Waals surface area contributed by atoms with E-state index in [4.69, 9.17) is 5.73 Å². The van der Waals surface area contributed by atoms with Crippen LogP contribution in [0.25, 0.3) is 0 Å². The van der Waals surface area contributed by atoms with Gasteiger partial charge in [-0.3, -0.25) is 0 Å². The standard InChI is InChI=1S/C14H15N3O2S/c1-8-6-9(2)17-14(16-8)20-12-5-4-10(7-11(12)15)13(18)19-3/h4-7H,15H2,1-3H3. The van der Waals surface area contributed by atoms with Crippen LogP contribution in [0.2, 0.25) is 0 Å². The molecule has 0 saturated carbocycles. The van der Waals surface area contributed by atoms with Crippen LogP contribution in [-0.4, -0.2) is 23.0 Å². The maximum Gasteiger partial charge on any atom is 0.337 e. The quantitative estimate of drug-likeness (QED) is 0.531. The maximum absolute atomic E-state index is 11.4. The van der Waals surface area contributed by atoms with Crippen molar-refractivity contribution >= 4 is 23.4 Å². The van der Waals surface area contributed by atoms with Crippen molar-refractivity contribution in [3.05, 3.63) is 41.2 Å². The molecule has 104 valence electrons. The van der Waals surface area contributed by atoms with Gasteiger partial charge in [-0.2, -0.15) is 0 Å². The molecule has 1 aromatic heterocycles. The Morgan fingerprint density at radius 1 is 1.20 bits per heavy atom. The summed E-state index contributed by atoms with van der Waals surface area (Å²) >= 11 is 1.37. The summed E-state index contributed by atoms with van der Waals surface area (Å²) in [7, 11) is 1.34. The highest BCUT2D eigenvalue weighted by Crippen LogP contribution is 2.30. The normalized spacial score (nSPS) is 10.3. The Bertz CT molecular complexity index is 639. The number of aromatic nitrogens is 2. The van der Waals surface area contributed by atoms with Gasteiger partial charge in [-0.05, 0) is 49.9 Å². The van der Waals surface area contributed by atoms with Gasteiger partial charge in [-0.1, -0.05) is 0 Å². The first-order chi connectivity index (χ1) is 9.49. The van der Waals surface area contributed by atoms with Gasteiger partial charge in [0.25, 0.3) is 0 Å². The van der Waals surface area contributed by atoms with E-state index in [2.05, 4.69) is 14.7 Å². The maximum atomic E-state index is 11.4. The molecule has 0 aliphatic carbocycles. The van der Waals surface area contributed by atoms with E-state index in [1.165, 1.54) is 18.9 Å². The number of carbonyl (C=O) groups is 1. The molecule has 0 fully saturated rings. The lowest BCUT2D eigenvalue weighted by molar-refractivity contribution is 0.0600. The number of nitrogen functional groups attached to an aromatic ring is 1.